The lowest BCUT2D eigenvalue weighted by atomic mass is 10.2. The monoisotopic (exact) mass is 513 g/mol. The SMILES string of the molecule is NS(=O)(=O)c1ccc(N=C2SC(=Cc3ccc(Br)cc3)C(=O)N2c2ccccc2)cc1. The van der Waals surface area contributed by atoms with Crippen molar-refractivity contribution >= 4 is 66.2 Å². The van der Waals surface area contributed by atoms with Gasteiger partial charge in [0.25, 0.3) is 5.91 Å². The third kappa shape index (κ3) is 4.96. The van der Waals surface area contributed by atoms with Crippen molar-refractivity contribution in [3.63, 3.8) is 0 Å². The van der Waals surface area contributed by atoms with Gasteiger partial charge in [0.15, 0.2) is 5.17 Å². The molecule has 0 bridgehead atoms. The number of carbonyl (C=O) groups excluding carboxylic acids is 1. The molecule has 156 valence electrons. The number of anilines is 1. The molecule has 2 N–H and O–H groups in total. The van der Waals surface area contributed by atoms with Gasteiger partial charge in [-0.25, -0.2) is 18.5 Å². The Hall–Kier alpha value is -2.72. The second-order valence-electron chi connectivity index (χ2n) is 6.57. The normalized spacial score (nSPS) is 17.0. The minimum absolute atomic E-state index is 0.00217. The van der Waals surface area contributed by atoms with Crippen molar-refractivity contribution in [1.29, 1.82) is 0 Å². The topological polar surface area (TPSA) is 92.8 Å². The van der Waals surface area contributed by atoms with Crippen LogP contribution in [0.15, 0.2) is 98.1 Å². The lowest BCUT2D eigenvalue weighted by molar-refractivity contribution is -0.113. The molecular weight excluding hydrogens is 498 g/mol. The summed E-state index contributed by atoms with van der Waals surface area (Å²) in [5.74, 6) is -0.181. The van der Waals surface area contributed by atoms with Crippen molar-refractivity contribution in [3.05, 3.63) is 93.8 Å². The average Bonchev–Trinajstić information content (AvgIpc) is 3.04. The maximum atomic E-state index is 13.2. The molecular formula is C22H16BrN3O3S2. The fourth-order valence-corrected chi connectivity index (χ4v) is 4.67. The second kappa shape index (κ2) is 8.80. The third-order valence-corrected chi connectivity index (χ3v) is 6.81. The first-order chi connectivity index (χ1) is 14.8. The van der Waals surface area contributed by atoms with Crippen LogP contribution in [0, 0.1) is 0 Å². The van der Waals surface area contributed by atoms with Crippen molar-refractivity contribution in [2.45, 2.75) is 4.90 Å². The van der Waals surface area contributed by atoms with Gasteiger partial charge in [-0.05, 0) is 71.9 Å². The minimum Gasteiger partial charge on any atom is -0.268 e. The third-order valence-electron chi connectivity index (χ3n) is 4.38. The zero-order valence-electron chi connectivity index (χ0n) is 16.0. The maximum Gasteiger partial charge on any atom is 0.271 e. The summed E-state index contributed by atoms with van der Waals surface area (Å²) in [4.78, 5) is 19.9. The summed E-state index contributed by atoms with van der Waals surface area (Å²) in [7, 11) is -3.79. The van der Waals surface area contributed by atoms with Crippen LogP contribution >= 0.6 is 27.7 Å². The van der Waals surface area contributed by atoms with Gasteiger partial charge in [-0.15, -0.1) is 0 Å². The number of carbonyl (C=O) groups is 1. The van der Waals surface area contributed by atoms with Gasteiger partial charge in [-0.1, -0.05) is 46.3 Å². The number of nitrogens with two attached hydrogens (primary N) is 1. The Kier molecular flexibility index (Phi) is 6.10. The Bertz CT molecular complexity index is 1290. The summed E-state index contributed by atoms with van der Waals surface area (Å²) in [5, 5.41) is 5.63. The van der Waals surface area contributed by atoms with E-state index in [1.54, 1.807) is 17.0 Å². The van der Waals surface area contributed by atoms with Gasteiger partial charge in [0.1, 0.15) is 0 Å². The molecule has 0 saturated carbocycles. The lowest BCUT2D eigenvalue weighted by Gasteiger charge is -2.15. The molecule has 1 heterocycles. The van der Waals surface area contributed by atoms with Gasteiger partial charge in [-0.2, -0.15) is 0 Å². The maximum absolute atomic E-state index is 13.2. The molecule has 0 spiro atoms. The average molecular weight is 514 g/mol. The number of amidine groups is 1. The predicted octanol–water partition coefficient (Wildman–Crippen LogP) is 4.91. The Balaban J connectivity index is 1.74. The highest BCUT2D eigenvalue weighted by molar-refractivity contribution is 9.10. The number of thioether (sulfide) groups is 1. The summed E-state index contributed by atoms with van der Waals surface area (Å²) in [6.45, 7) is 0. The van der Waals surface area contributed by atoms with E-state index in [-0.39, 0.29) is 10.8 Å². The summed E-state index contributed by atoms with van der Waals surface area (Å²) < 4.78 is 23.9. The molecule has 9 heteroatoms. The molecule has 0 radical (unpaired) electrons. The van der Waals surface area contributed by atoms with E-state index in [0.717, 1.165) is 10.0 Å². The van der Waals surface area contributed by atoms with Crippen molar-refractivity contribution in [3.8, 4) is 0 Å². The van der Waals surface area contributed by atoms with E-state index in [1.165, 1.54) is 23.9 Å². The number of rotatable bonds is 4. The molecule has 1 aliphatic rings. The van der Waals surface area contributed by atoms with Crippen LogP contribution in [0.2, 0.25) is 0 Å². The van der Waals surface area contributed by atoms with Gasteiger partial charge >= 0.3 is 0 Å². The van der Waals surface area contributed by atoms with Gasteiger partial charge in [0, 0.05) is 4.47 Å². The summed E-state index contributed by atoms with van der Waals surface area (Å²) in [5.41, 5.74) is 2.10. The fraction of sp³-hybridized carbons (Fsp3) is 0. The lowest BCUT2D eigenvalue weighted by Crippen LogP contribution is -2.28. The number of nitrogens with zero attached hydrogens (tertiary/aromatic N) is 2. The van der Waals surface area contributed by atoms with E-state index < -0.39 is 10.0 Å². The highest BCUT2D eigenvalue weighted by Crippen LogP contribution is 2.37. The highest BCUT2D eigenvalue weighted by Gasteiger charge is 2.34. The Labute approximate surface area is 192 Å². The molecule has 4 rings (SSSR count). The molecule has 3 aromatic carbocycles. The first-order valence-electron chi connectivity index (χ1n) is 9.07. The molecule has 6 nitrogen and oxygen atoms in total. The zero-order chi connectivity index (χ0) is 22.0. The van der Waals surface area contributed by atoms with Crippen molar-refractivity contribution in [2.75, 3.05) is 4.90 Å². The Morgan fingerprint density at radius 3 is 2.19 bits per heavy atom. The first kappa shape index (κ1) is 21.5. The number of hydrogen-bond acceptors (Lipinski definition) is 5. The van der Waals surface area contributed by atoms with Gasteiger partial charge in [0.2, 0.25) is 10.0 Å². The molecule has 1 saturated heterocycles. The van der Waals surface area contributed by atoms with E-state index >= 15 is 0 Å². The molecule has 0 aliphatic carbocycles. The highest BCUT2D eigenvalue weighted by atomic mass is 79.9. The van der Waals surface area contributed by atoms with E-state index in [4.69, 9.17) is 5.14 Å². The molecule has 1 aliphatic heterocycles. The zero-order valence-corrected chi connectivity index (χ0v) is 19.2. The van der Waals surface area contributed by atoms with Gasteiger partial charge in [0.05, 0.1) is 21.2 Å². The summed E-state index contributed by atoms with van der Waals surface area (Å²) >= 11 is 4.67. The van der Waals surface area contributed by atoms with Crippen LogP contribution < -0.4 is 10.0 Å². The number of primary sulfonamides is 1. The molecule has 3 aromatic rings. The van der Waals surface area contributed by atoms with Crippen LogP contribution in [-0.4, -0.2) is 19.5 Å². The van der Waals surface area contributed by atoms with Crippen molar-refractivity contribution in [2.24, 2.45) is 10.1 Å². The van der Waals surface area contributed by atoms with Crippen LogP contribution in [0.1, 0.15) is 5.56 Å². The Morgan fingerprint density at radius 2 is 1.58 bits per heavy atom. The number of halogens is 1. The van der Waals surface area contributed by atoms with E-state index in [2.05, 4.69) is 20.9 Å². The molecule has 0 aromatic heterocycles. The van der Waals surface area contributed by atoms with E-state index in [1.807, 2.05) is 60.7 Å². The molecule has 1 amide bonds. The van der Waals surface area contributed by atoms with Gasteiger partial charge in [-0.3, -0.25) is 9.69 Å². The van der Waals surface area contributed by atoms with Crippen molar-refractivity contribution < 1.29 is 13.2 Å². The van der Waals surface area contributed by atoms with Crippen molar-refractivity contribution in [1.82, 2.24) is 0 Å². The molecule has 0 atom stereocenters. The molecule has 31 heavy (non-hydrogen) atoms. The quantitative estimate of drug-likeness (QED) is 0.501. The van der Waals surface area contributed by atoms with Crippen LogP contribution in [0.3, 0.4) is 0 Å². The number of amides is 1. The second-order valence-corrected chi connectivity index (χ2v) is 10.1. The Morgan fingerprint density at radius 1 is 0.935 bits per heavy atom. The minimum atomic E-state index is -3.79. The predicted molar refractivity (Wildman–Crippen MR) is 129 cm³/mol. The molecule has 1 fully saturated rings. The van der Waals surface area contributed by atoms with Crippen LogP contribution in [0.4, 0.5) is 11.4 Å². The van der Waals surface area contributed by atoms with Gasteiger partial charge < -0.3 is 0 Å². The van der Waals surface area contributed by atoms with Crippen LogP contribution in [0.5, 0.6) is 0 Å². The summed E-state index contributed by atoms with van der Waals surface area (Å²) in [6.07, 6.45) is 1.82. The van der Waals surface area contributed by atoms with Crippen LogP contribution in [0.25, 0.3) is 6.08 Å². The number of hydrogen-bond donors (Lipinski definition) is 1. The van der Waals surface area contributed by atoms with E-state index in [9.17, 15) is 13.2 Å². The number of sulfonamides is 1. The number of para-hydroxylation sites is 1. The largest absolute Gasteiger partial charge is 0.271 e. The first-order valence-corrected chi connectivity index (χ1v) is 12.2. The number of aliphatic imine (C=N–C) groups is 1. The molecule has 0 unspecified atom stereocenters. The fourth-order valence-electron chi connectivity index (χ4n) is 2.88. The smallest absolute Gasteiger partial charge is 0.268 e. The number of benzene rings is 3. The van der Waals surface area contributed by atoms with E-state index in [0.29, 0.717) is 21.4 Å². The van der Waals surface area contributed by atoms with Crippen LogP contribution in [-0.2, 0) is 14.8 Å². The standard InChI is InChI=1S/C22H16BrN3O3S2/c23-16-8-6-15(7-9-16)14-20-21(27)26(18-4-2-1-3-5-18)22(30-20)25-17-10-12-19(13-11-17)31(24,28)29/h1-14H,(H2,24,28,29). The summed E-state index contributed by atoms with van der Waals surface area (Å²) in [6, 6.07) is 22.8.